The number of likely N-dealkylation sites (tertiary alicyclic amines) is 1. The van der Waals surface area contributed by atoms with Crippen LogP contribution in [0.4, 0.5) is 4.79 Å². The van der Waals surface area contributed by atoms with E-state index >= 15 is 0 Å². The molecule has 2 bridgehead atoms. The van der Waals surface area contributed by atoms with Crippen LogP contribution in [0.25, 0.3) is 11.1 Å². The summed E-state index contributed by atoms with van der Waals surface area (Å²) in [4.78, 5) is 82.9. The highest BCUT2D eigenvalue weighted by molar-refractivity contribution is 6.01. The van der Waals surface area contributed by atoms with Crippen molar-refractivity contribution < 1.29 is 38.2 Å². The van der Waals surface area contributed by atoms with E-state index in [1.807, 2.05) is 24.3 Å². The van der Waals surface area contributed by atoms with Crippen LogP contribution < -0.4 is 10.6 Å². The Morgan fingerprint density at radius 2 is 1.44 bits per heavy atom. The van der Waals surface area contributed by atoms with Gasteiger partial charge in [0.2, 0.25) is 23.6 Å². The molecule has 13 heteroatoms. The molecule has 0 unspecified atom stereocenters. The van der Waals surface area contributed by atoms with Gasteiger partial charge in [-0.3, -0.25) is 24.0 Å². The summed E-state index contributed by atoms with van der Waals surface area (Å²) in [6.45, 7) is 1.39. The zero-order valence-corrected chi connectivity index (χ0v) is 29.6. The largest absolute Gasteiger partial charge is 0.469 e. The lowest BCUT2D eigenvalue weighted by atomic mass is 9.72. The summed E-state index contributed by atoms with van der Waals surface area (Å²) >= 11 is 0. The van der Waals surface area contributed by atoms with Gasteiger partial charge in [-0.1, -0.05) is 48.5 Å². The van der Waals surface area contributed by atoms with E-state index in [4.69, 9.17) is 9.47 Å². The van der Waals surface area contributed by atoms with Crippen LogP contribution in [0, 0.1) is 11.8 Å². The molecule has 2 aliphatic carbocycles. The minimum Gasteiger partial charge on any atom is -0.469 e. The highest BCUT2D eigenvalue weighted by atomic mass is 16.6. The molecule has 2 atom stereocenters. The Morgan fingerprint density at radius 3 is 2.10 bits per heavy atom. The maximum atomic E-state index is 13.7. The lowest BCUT2D eigenvalue weighted by molar-refractivity contribution is -0.178. The fourth-order valence-corrected chi connectivity index (χ4v) is 8.94. The van der Waals surface area contributed by atoms with Gasteiger partial charge in [-0.2, -0.15) is 0 Å². The molecule has 5 amide bonds. The van der Waals surface area contributed by atoms with Gasteiger partial charge in [-0.05, 0) is 73.1 Å². The number of hydrogen-bond donors (Lipinski definition) is 2. The van der Waals surface area contributed by atoms with E-state index in [0.717, 1.165) is 36.8 Å². The van der Waals surface area contributed by atoms with Gasteiger partial charge in [-0.15, -0.1) is 0 Å². The lowest BCUT2D eigenvalue weighted by Crippen LogP contribution is -2.72. The Hall–Kier alpha value is -4.94. The second-order valence-electron chi connectivity index (χ2n) is 14.6. The first-order chi connectivity index (χ1) is 25.2. The van der Waals surface area contributed by atoms with Crippen molar-refractivity contribution in [3.8, 4) is 11.1 Å². The molecule has 8 rings (SSSR count). The summed E-state index contributed by atoms with van der Waals surface area (Å²) in [5, 5.41) is 5.73. The van der Waals surface area contributed by atoms with Gasteiger partial charge in [-0.25, -0.2) is 4.79 Å². The van der Waals surface area contributed by atoms with Crippen molar-refractivity contribution in [3.63, 3.8) is 0 Å². The van der Waals surface area contributed by atoms with Crippen LogP contribution in [0.1, 0.15) is 68.4 Å². The Kier molecular flexibility index (Phi) is 10.5. The number of carbonyl (C=O) groups excluding carboxylic acids is 6. The number of hydrogen-bond acceptors (Lipinski definition) is 8. The van der Waals surface area contributed by atoms with E-state index < -0.39 is 24.0 Å². The van der Waals surface area contributed by atoms with E-state index in [0.29, 0.717) is 38.9 Å². The SMILES string of the molecule is COC(=O)C[C@H]1C(=O)N2C3CCC(CC3)[C@H]2C(=O)N1CC(=O)NCCCNC(=O)C1CCN(C(=O)OCC2c3ccccc3-c3ccccc32)CC1. The fourth-order valence-electron chi connectivity index (χ4n) is 8.94. The summed E-state index contributed by atoms with van der Waals surface area (Å²) < 4.78 is 10.6. The van der Waals surface area contributed by atoms with Gasteiger partial charge >= 0.3 is 12.1 Å². The number of ether oxygens (including phenoxy) is 2. The number of esters is 1. The number of rotatable bonds is 11. The minimum atomic E-state index is -1.07. The Morgan fingerprint density at radius 1 is 0.808 bits per heavy atom. The summed E-state index contributed by atoms with van der Waals surface area (Å²) in [6.07, 6.45) is 4.30. The van der Waals surface area contributed by atoms with Crippen molar-refractivity contribution in [2.45, 2.75) is 75.4 Å². The summed E-state index contributed by atoms with van der Waals surface area (Å²) in [7, 11) is 1.23. The number of carbonyl (C=O) groups is 6. The highest BCUT2D eigenvalue weighted by Crippen LogP contribution is 2.45. The molecular formula is C39H47N5O8. The zero-order chi connectivity index (χ0) is 36.4. The summed E-state index contributed by atoms with van der Waals surface area (Å²) in [6, 6.07) is 14.8. The number of piperazine rings is 1. The predicted molar refractivity (Wildman–Crippen MR) is 189 cm³/mol. The number of nitrogens with one attached hydrogen (secondary N) is 2. The topological polar surface area (TPSA) is 155 Å². The Balaban J connectivity index is 0.821. The van der Waals surface area contributed by atoms with Crippen LogP contribution in [-0.4, -0.2) is 115 Å². The van der Waals surface area contributed by atoms with Gasteiger partial charge in [0.1, 0.15) is 25.2 Å². The molecule has 4 heterocycles. The molecule has 2 N–H and O–H groups in total. The number of piperidine rings is 3. The molecule has 4 aliphatic heterocycles. The van der Waals surface area contributed by atoms with E-state index in [2.05, 4.69) is 34.9 Å². The van der Waals surface area contributed by atoms with E-state index in [1.54, 1.807) is 9.80 Å². The molecule has 13 nitrogen and oxygen atoms in total. The first-order valence-electron chi connectivity index (χ1n) is 18.6. The molecule has 0 radical (unpaired) electrons. The quantitative estimate of drug-likeness (QED) is 0.266. The standard InChI is InChI=1S/C39H47N5O8/c1-51-34(46)21-32-37(48)44-26-13-11-24(12-14-26)35(44)38(49)43(32)22-33(45)40-17-6-18-41-36(47)25-15-19-42(20-16-25)39(50)52-23-31-29-9-4-2-7-27(29)28-8-3-5-10-30(28)31/h2-5,7-10,24-26,31-32,35H,6,11-23H2,1H3,(H,40,45)(H,41,47)/t24?,26?,32-,35-/m0/s1. The number of methoxy groups -OCH3 is 1. The predicted octanol–water partition coefficient (Wildman–Crippen LogP) is 2.81. The smallest absolute Gasteiger partial charge is 0.409 e. The van der Waals surface area contributed by atoms with Crippen LogP contribution in [0.15, 0.2) is 48.5 Å². The summed E-state index contributed by atoms with van der Waals surface area (Å²) in [5.41, 5.74) is 4.67. The van der Waals surface area contributed by atoms with Crippen molar-refractivity contribution in [1.82, 2.24) is 25.3 Å². The second-order valence-corrected chi connectivity index (χ2v) is 14.6. The molecule has 0 spiro atoms. The van der Waals surface area contributed by atoms with Gasteiger partial charge in [0, 0.05) is 44.1 Å². The number of benzene rings is 2. The zero-order valence-electron chi connectivity index (χ0n) is 29.6. The molecule has 52 heavy (non-hydrogen) atoms. The molecular weight excluding hydrogens is 666 g/mol. The monoisotopic (exact) mass is 713 g/mol. The maximum absolute atomic E-state index is 13.7. The number of fused-ring (bicyclic) bond motifs is 5. The third kappa shape index (κ3) is 6.97. The number of amides is 5. The number of nitrogens with zero attached hydrogens (tertiary/aromatic N) is 3. The van der Waals surface area contributed by atoms with Crippen LogP contribution in [-0.2, 0) is 33.4 Å². The molecule has 2 aromatic carbocycles. The van der Waals surface area contributed by atoms with Gasteiger partial charge in [0.25, 0.3) is 0 Å². The molecule has 276 valence electrons. The average molecular weight is 714 g/mol. The molecule has 6 aliphatic rings. The van der Waals surface area contributed by atoms with Gasteiger partial charge in [0.05, 0.1) is 13.5 Å². The first kappa shape index (κ1) is 35.5. The lowest BCUT2D eigenvalue weighted by Gasteiger charge is -2.56. The third-order valence-electron chi connectivity index (χ3n) is 11.7. The molecule has 0 aromatic heterocycles. The summed E-state index contributed by atoms with van der Waals surface area (Å²) in [5.74, 6) is -1.88. The van der Waals surface area contributed by atoms with Crippen molar-refractivity contribution in [3.05, 3.63) is 59.7 Å². The fraction of sp³-hybridized carbons (Fsp3) is 0.538. The van der Waals surface area contributed by atoms with Crippen LogP contribution in [0.2, 0.25) is 0 Å². The Bertz CT molecular complexity index is 1670. The van der Waals surface area contributed by atoms with Crippen molar-refractivity contribution in [2.24, 2.45) is 11.8 Å². The third-order valence-corrected chi connectivity index (χ3v) is 11.7. The van der Waals surface area contributed by atoms with Crippen LogP contribution in [0.5, 0.6) is 0 Å². The first-order valence-corrected chi connectivity index (χ1v) is 18.6. The molecule has 1 saturated carbocycles. The maximum Gasteiger partial charge on any atom is 0.409 e. The highest BCUT2D eigenvalue weighted by Gasteiger charge is 2.55. The van der Waals surface area contributed by atoms with E-state index in [9.17, 15) is 28.8 Å². The van der Waals surface area contributed by atoms with Gasteiger partial charge in [0.15, 0.2) is 0 Å². The van der Waals surface area contributed by atoms with Crippen LogP contribution in [0.3, 0.4) is 0 Å². The van der Waals surface area contributed by atoms with Crippen LogP contribution >= 0.6 is 0 Å². The van der Waals surface area contributed by atoms with E-state index in [-0.39, 0.29) is 73.7 Å². The van der Waals surface area contributed by atoms with Crippen molar-refractivity contribution in [1.29, 1.82) is 0 Å². The molecule has 2 aromatic rings. The molecule has 4 saturated heterocycles. The molecule has 5 fully saturated rings. The minimum absolute atomic E-state index is 0.00773. The Labute approximate surface area is 303 Å². The normalized spacial score (nSPS) is 23.8. The second kappa shape index (κ2) is 15.3. The van der Waals surface area contributed by atoms with Crippen molar-refractivity contribution in [2.75, 3.05) is 46.4 Å². The van der Waals surface area contributed by atoms with Gasteiger partial charge < -0.3 is 34.8 Å². The van der Waals surface area contributed by atoms with E-state index in [1.165, 1.54) is 23.1 Å². The van der Waals surface area contributed by atoms with Crippen molar-refractivity contribution >= 4 is 35.7 Å². The average Bonchev–Trinajstić information content (AvgIpc) is 3.50.